The molecule has 1 amide bonds. The van der Waals surface area contributed by atoms with Crippen molar-refractivity contribution in [3.8, 4) is 0 Å². The van der Waals surface area contributed by atoms with Gasteiger partial charge in [0.2, 0.25) is 5.78 Å². The van der Waals surface area contributed by atoms with Crippen LogP contribution in [0.4, 0.5) is 5.69 Å². The van der Waals surface area contributed by atoms with Gasteiger partial charge >= 0.3 is 5.97 Å². The van der Waals surface area contributed by atoms with E-state index in [-0.39, 0.29) is 6.61 Å². The molecule has 0 saturated carbocycles. The van der Waals surface area contributed by atoms with Crippen LogP contribution in [0.25, 0.3) is 0 Å². The summed E-state index contributed by atoms with van der Waals surface area (Å²) in [5.41, 5.74) is 2.35. The molecule has 128 valence electrons. The van der Waals surface area contributed by atoms with Crippen LogP contribution in [0.2, 0.25) is 0 Å². The molecule has 0 unspecified atom stereocenters. The molecule has 2 atom stereocenters. The lowest BCUT2D eigenvalue weighted by atomic mass is 9.92. The fourth-order valence-electron chi connectivity index (χ4n) is 3.11. The molecule has 5 heteroatoms. The molecule has 0 aromatic heterocycles. The minimum absolute atomic E-state index is 0.156. The largest absolute Gasteiger partial charge is 0.465 e. The SMILES string of the molecule is CCOC(=O)[C@H]1C(=O)C(=O)N(c2ccc(C)cc2)[C@@H]1c1ccccc1. The van der Waals surface area contributed by atoms with E-state index in [1.54, 1.807) is 19.1 Å². The zero-order valence-electron chi connectivity index (χ0n) is 14.1. The fraction of sp³-hybridized carbons (Fsp3) is 0.250. The van der Waals surface area contributed by atoms with Crippen LogP contribution in [0, 0.1) is 12.8 Å². The molecule has 2 aromatic carbocycles. The normalized spacial score (nSPS) is 20.0. The van der Waals surface area contributed by atoms with Crippen LogP contribution in [0.5, 0.6) is 0 Å². The molecule has 1 heterocycles. The highest BCUT2D eigenvalue weighted by Gasteiger charge is 2.53. The Morgan fingerprint density at radius 1 is 1.04 bits per heavy atom. The Morgan fingerprint density at radius 3 is 2.28 bits per heavy atom. The van der Waals surface area contributed by atoms with E-state index in [2.05, 4.69) is 0 Å². The molecule has 1 saturated heterocycles. The zero-order chi connectivity index (χ0) is 18.0. The molecule has 1 aliphatic heterocycles. The van der Waals surface area contributed by atoms with Gasteiger partial charge in [0, 0.05) is 5.69 Å². The van der Waals surface area contributed by atoms with Crippen LogP contribution in [-0.2, 0) is 19.1 Å². The molecular formula is C20H19NO4. The van der Waals surface area contributed by atoms with Gasteiger partial charge in [-0.2, -0.15) is 0 Å². The number of nitrogens with zero attached hydrogens (tertiary/aromatic N) is 1. The molecule has 0 radical (unpaired) electrons. The number of carbonyl (C=O) groups excluding carboxylic acids is 3. The maximum atomic E-state index is 12.7. The quantitative estimate of drug-likeness (QED) is 0.489. The Kier molecular flexibility index (Phi) is 4.65. The fourth-order valence-corrected chi connectivity index (χ4v) is 3.11. The Morgan fingerprint density at radius 2 is 1.68 bits per heavy atom. The van der Waals surface area contributed by atoms with E-state index < -0.39 is 29.6 Å². The van der Waals surface area contributed by atoms with Crippen molar-refractivity contribution in [2.24, 2.45) is 5.92 Å². The number of benzene rings is 2. The molecule has 1 aliphatic rings. The van der Waals surface area contributed by atoms with Crippen LogP contribution < -0.4 is 4.90 Å². The summed E-state index contributed by atoms with van der Waals surface area (Å²) in [6.07, 6.45) is 0. The van der Waals surface area contributed by atoms with Crippen molar-refractivity contribution in [3.05, 3.63) is 65.7 Å². The summed E-state index contributed by atoms with van der Waals surface area (Å²) in [5, 5.41) is 0. The lowest BCUT2D eigenvalue weighted by molar-refractivity contribution is -0.152. The molecule has 1 fully saturated rings. The van der Waals surface area contributed by atoms with Crippen LogP contribution in [0.1, 0.15) is 24.1 Å². The summed E-state index contributed by atoms with van der Waals surface area (Å²) in [7, 11) is 0. The second-order valence-electron chi connectivity index (χ2n) is 5.96. The summed E-state index contributed by atoms with van der Waals surface area (Å²) in [6, 6.07) is 15.7. The molecule has 25 heavy (non-hydrogen) atoms. The summed E-state index contributed by atoms with van der Waals surface area (Å²) in [4.78, 5) is 39.0. The summed E-state index contributed by atoms with van der Waals surface area (Å²) in [6.45, 7) is 3.77. The van der Waals surface area contributed by atoms with E-state index in [0.29, 0.717) is 5.69 Å². The zero-order valence-corrected chi connectivity index (χ0v) is 14.1. The Hall–Kier alpha value is -2.95. The third-order valence-corrected chi connectivity index (χ3v) is 4.30. The highest BCUT2D eigenvalue weighted by molar-refractivity contribution is 6.47. The first-order valence-electron chi connectivity index (χ1n) is 8.20. The van der Waals surface area contributed by atoms with Gasteiger partial charge in [-0.25, -0.2) is 0 Å². The smallest absolute Gasteiger partial charge is 0.319 e. The van der Waals surface area contributed by atoms with Crippen molar-refractivity contribution >= 4 is 23.3 Å². The lowest BCUT2D eigenvalue weighted by Crippen LogP contribution is -2.31. The van der Waals surface area contributed by atoms with Crippen molar-refractivity contribution in [1.82, 2.24) is 0 Å². The number of carbonyl (C=O) groups is 3. The predicted octanol–water partition coefficient (Wildman–Crippen LogP) is 2.83. The number of aryl methyl sites for hydroxylation is 1. The van der Waals surface area contributed by atoms with Gasteiger partial charge in [0.1, 0.15) is 5.92 Å². The van der Waals surface area contributed by atoms with Gasteiger partial charge in [0.25, 0.3) is 5.91 Å². The number of anilines is 1. The third-order valence-electron chi connectivity index (χ3n) is 4.30. The topological polar surface area (TPSA) is 63.7 Å². The average Bonchev–Trinajstić information content (AvgIpc) is 2.88. The minimum atomic E-state index is -1.16. The highest BCUT2D eigenvalue weighted by Crippen LogP contribution is 2.40. The van der Waals surface area contributed by atoms with E-state index in [4.69, 9.17) is 4.74 Å². The first-order chi connectivity index (χ1) is 12.0. The van der Waals surface area contributed by atoms with Crippen molar-refractivity contribution < 1.29 is 19.1 Å². The number of hydrogen-bond donors (Lipinski definition) is 0. The number of amides is 1. The van der Waals surface area contributed by atoms with E-state index in [9.17, 15) is 14.4 Å². The van der Waals surface area contributed by atoms with Crippen molar-refractivity contribution in [2.75, 3.05) is 11.5 Å². The van der Waals surface area contributed by atoms with Crippen LogP contribution in [0.3, 0.4) is 0 Å². The number of rotatable bonds is 4. The van der Waals surface area contributed by atoms with Crippen LogP contribution >= 0.6 is 0 Å². The molecule has 3 rings (SSSR count). The van der Waals surface area contributed by atoms with Crippen LogP contribution in [-0.4, -0.2) is 24.3 Å². The van der Waals surface area contributed by atoms with Gasteiger partial charge in [-0.15, -0.1) is 0 Å². The van der Waals surface area contributed by atoms with Gasteiger partial charge in [-0.05, 0) is 31.5 Å². The second-order valence-corrected chi connectivity index (χ2v) is 5.96. The molecule has 2 aromatic rings. The van der Waals surface area contributed by atoms with Crippen molar-refractivity contribution in [1.29, 1.82) is 0 Å². The predicted molar refractivity (Wildman–Crippen MR) is 93.0 cm³/mol. The van der Waals surface area contributed by atoms with E-state index in [0.717, 1.165) is 11.1 Å². The van der Waals surface area contributed by atoms with Crippen LogP contribution in [0.15, 0.2) is 54.6 Å². The Bertz CT molecular complexity index is 798. The standard InChI is InChI=1S/C20H19NO4/c1-3-25-20(24)16-17(14-7-5-4-6-8-14)21(19(23)18(16)22)15-11-9-13(2)10-12-15/h4-12,16-17H,3H2,1-2H3/t16-,17-/m1/s1. The summed E-state index contributed by atoms with van der Waals surface area (Å²) in [5.74, 6) is -3.23. The average molecular weight is 337 g/mol. The molecule has 0 bridgehead atoms. The number of Topliss-reactive ketones (excluding diaryl/α,β-unsaturated/α-hetero) is 1. The van der Waals surface area contributed by atoms with Gasteiger partial charge in [0.15, 0.2) is 0 Å². The van der Waals surface area contributed by atoms with E-state index in [1.165, 1.54) is 4.90 Å². The molecule has 0 N–H and O–H groups in total. The van der Waals surface area contributed by atoms with E-state index >= 15 is 0 Å². The number of hydrogen-bond acceptors (Lipinski definition) is 4. The first-order valence-corrected chi connectivity index (χ1v) is 8.20. The lowest BCUT2D eigenvalue weighted by Gasteiger charge is -2.27. The Balaban J connectivity index is 2.11. The number of ether oxygens (including phenoxy) is 1. The monoisotopic (exact) mass is 337 g/mol. The third kappa shape index (κ3) is 3.05. The second kappa shape index (κ2) is 6.89. The summed E-state index contributed by atoms with van der Waals surface area (Å²) >= 11 is 0. The Labute approximate surface area is 146 Å². The number of esters is 1. The van der Waals surface area contributed by atoms with Crippen molar-refractivity contribution in [3.63, 3.8) is 0 Å². The molecule has 0 aliphatic carbocycles. The van der Waals surface area contributed by atoms with Gasteiger partial charge in [0.05, 0.1) is 12.6 Å². The van der Waals surface area contributed by atoms with Crippen molar-refractivity contribution in [2.45, 2.75) is 19.9 Å². The van der Waals surface area contributed by atoms with Gasteiger partial charge < -0.3 is 4.74 Å². The summed E-state index contributed by atoms with van der Waals surface area (Å²) < 4.78 is 5.06. The number of ketones is 1. The first kappa shape index (κ1) is 16.9. The van der Waals surface area contributed by atoms with Gasteiger partial charge in [-0.1, -0.05) is 48.0 Å². The minimum Gasteiger partial charge on any atom is -0.465 e. The maximum Gasteiger partial charge on any atom is 0.319 e. The maximum absolute atomic E-state index is 12.7. The molecule has 5 nitrogen and oxygen atoms in total. The van der Waals surface area contributed by atoms with Gasteiger partial charge in [-0.3, -0.25) is 19.3 Å². The molecular weight excluding hydrogens is 318 g/mol. The van der Waals surface area contributed by atoms with E-state index in [1.807, 2.05) is 49.4 Å². The molecule has 0 spiro atoms. The highest BCUT2D eigenvalue weighted by atomic mass is 16.5.